The highest BCUT2D eigenvalue weighted by Crippen LogP contribution is 2.36. The molecule has 0 spiro atoms. The first-order valence-electron chi connectivity index (χ1n) is 9.44. The topological polar surface area (TPSA) is 83.2 Å². The summed E-state index contributed by atoms with van der Waals surface area (Å²) in [7, 11) is 5.01. The van der Waals surface area contributed by atoms with E-state index in [-0.39, 0.29) is 11.7 Å². The molecule has 31 heavy (non-hydrogen) atoms. The number of carbonyl (C=O) groups excluding carboxylic acids is 1. The van der Waals surface area contributed by atoms with E-state index < -0.39 is 0 Å². The molecule has 10 heteroatoms. The van der Waals surface area contributed by atoms with E-state index in [0.717, 1.165) is 11.5 Å². The number of aromatic nitrogens is 4. The number of hydrogen-bond acceptors (Lipinski definition) is 6. The molecule has 0 unspecified atom stereocenters. The molecule has 0 saturated heterocycles. The third kappa shape index (κ3) is 5.42. The number of amides is 1. The number of nitrogens with zero attached hydrogens (tertiary/aromatic N) is 4. The maximum Gasteiger partial charge on any atom is 0.234 e. The van der Waals surface area contributed by atoms with Gasteiger partial charge in [-0.3, -0.25) is 4.79 Å². The van der Waals surface area contributed by atoms with Crippen LogP contribution in [-0.4, -0.2) is 45.2 Å². The number of allylic oxidation sites excluding steroid dienone is 1. The Kier molecular flexibility index (Phi) is 7.64. The highest BCUT2D eigenvalue weighted by atomic mass is 35.5. The summed E-state index contributed by atoms with van der Waals surface area (Å²) in [5.41, 5.74) is 1.60. The van der Waals surface area contributed by atoms with Gasteiger partial charge in [0.05, 0.1) is 30.7 Å². The molecule has 0 fully saturated rings. The van der Waals surface area contributed by atoms with Gasteiger partial charge in [0, 0.05) is 44.0 Å². The minimum Gasteiger partial charge on any atom is -0.495 e. The van der Waals surface area contributed by atoms with E-state index in [1.165, 1.54) is 26.0 Å². The van der Waals surface area contributed by atoms with Crippen molar-refractivity contribution in [1.29, 1.82) is 0 Å². The van der Waals surface area contributed by atoms with Crippen LogP contribution < -0.4 is 14.8 Å². The van der Waals surface area contributed by atoms with Crippen molar-refractivity contribution < 1.29 is 14.3 Å². The summed E-state index contributed by atoms with van der Waals surface area (Å²) in [6.45, 7) is 4.37. The molecule has 0 aliphatic carbocycles. The van der Waals surface area contributed by atoms with Crippen LogP contribution in [0.25, 0.3) is 0 Å². The SMILES string of the molecule is C=CCn1c(Cc2cccn2C)nnc1SCC(=O)Nc1cc(OC)c(Cl)cc1OC. The zero-order chi connectivity index (χ0) is 22.4. The molecule has 2 aromatic heterocycles. The van der Waals surface area contributed by atoms with Crippen molar-refractivity contribution in [2.24, 2.45) is 7.05 Å². The van der Waals surface area contributed by atoms with Crippen LogP contribution in [0.3, 0.4) is 0 Å². The number of hydrogen-bond donors (Lipinski definition) is 1. The van der Waals surface area contributed by atoms with Gasteiger partial charge in [0.2, 0.25) is 5.91 Å². The summed E-state index contributed by atoms with van der Waals surface area (Å²) in [6, 6.07) is 7.26. The quantitative estimate of drug-likeness (QED) is 0.365. The van der Waals surface area contributed by atoms with Crippen molar-refractivity contribution in [2.45, 2.75) is 18.1 Å². The van der Waals surface area contributed by atoms with E-state index in [9.17, 15) is 4.79 Å². The molecule has 2 heterocycles. The molecule has 0 atom stereocenters. The smallest absolute Gasteiger partial charge is 0.234 e. The summed E-state index contributed by atoms with van der Waals surface area (Å²) < 4.78 is 14.5. The number of nitrogens with one attached hydrogen (secondary N) is 1. The van der Waals surface area contributed by atoms with Crippen molar-refractivity contribution in [3.05, 3.63) is 59.7 Å². The second-order valence-corrected chi connectivity index (χ2v) is 7.96. The Bertz CT molecular complexity index is 1080. The number of thioether (sulfide) groups is 1. The van der Waals surface area contributed by atoms with Crippen LogP contribution in [0.2, 0.25) is 5.02 Å². The summed E-state index contributed by atoms with van der Waals surface area (Å²) in [5.74, 6) is 1.64. The van der Waals surface area contributed by atoms with Crippen LogP contribution in [-0.2, 0) is 24.8 Å². The lowest BCUT2D eigenvalue weighted by Gasteiger charge is -2.13. The van der Waals surface area contributed by atoms with Gasteiger partial charge in [-0.2, -0.15) is 0 Å². The largest absolute Gasteiger partial charge is 0.495 e. The fourth-order valence-electron chi connectivity index (χ4n) is 2.99. The Morgan fingerprint density at radius 1 is 1.29 bits per heavy atom. The lowest BCUT2D eigenvalue weighted by atomic mass is 10.2. The molecule has 0 aliphatic rings. The summed E-state index contributed by atoms with van der Waals surface area (Å²) in [6.07, 6.45) is 4.41. The van der Waals surface area contributed by atoms with Gasteiger partial charge < -0.3 is 23.9 Å². The number of halogens is 1. The maximum absolute atomic E-state index is 12.6. The van der Waals surface area contributed by atoms with Crippen LogP contribution >= 0.6 is 23.4 Å². The second kappa shape index (κ2) is 10.4. The van der Waals surface area contributed by atoms with Gasteiger partial charge in [0.15, 0.2) is 5.16 Å². The Balaban J connectivity index is 1.70. The molecule has 0 bridgehead atoms. The maximum atomic E-state index is 12.6. The summed E-state index contributed by atoms with van der Waals surface area (Å²) in [5, 5.41) is 12.5. The van der Waals surface area contributed by atoms with Gasteiger partial charge in [-0.25, -0.2) is 0 Å². The van der Waals surface area contributed by atoms with Crippen LogP contribution in [0, 0.1) is 0 Å². The van der Waals surface area contributed by atoms with Crippen LogP contribution in [0.15, 0.2) is 48.3 Å². The Labute approximate surface area is 190 Å². The monoisotopic (exact) mass is 461 g/mol. The first kappa shape index (κ1) is 22.8. The fourth-order valence-corrected chi connectivity index (χ4v) is 3.98. The average molecular weight is 462 g/mol. The third-order valence-corrected chi connectivity index (χ3v) is 5.84. The predicted molar refractivity (Wildman–Crippen MR) is 122 cm³/mol. The number of ether oxygens (including phenoxy) is 2. The van der Waals surface area contributed by atoms with Gasteiger partial charge in [-0.15, -0.1) is 16.8 Å². The number of methoxy groups -OCH3 is 2. The highest BCUT2D eigenvalue weighted by molar-refractivity contribution is 7.99. The molecule has 1 aromatic carbocycles. The van der Waals surface area contributed by atoms with Crippen LogP contribution in [0.4, 0.5) is 5.69 Å². The van der Waals surface area contributed by atoms with Crippen LogP contribution in [0.1, 0.15) is 11.5 Å². The number of aryl methyl sites for hydroxylation is 1. The van der Waals surface area contributed by atoms with E-state index in [0.29, 0.717) is 40.3 Å². The molecular weight excluding hydrogens is 438 g/mol. The van der Waals surface area contributed by atoms with Gasteiger partial charge in [-0.1, -0.05) is 29.4 Å². The Morgan fingerprint density at radius 3 is 2.71 bits per heavy atom. The second-order valence-electron chi connectivity index (χ2n) is 6.61. The number of anilines is 1. The number of carbonyl (C=O) groups is 1. The zero-order valence-corrected chi connectivity index (χ0v) is 19.2. The molecule has 3 aromatic rings. The van der Waals surface area contributed by atoms with Crippen LogP contribution in [0.5, 0.6) is 11.5 Å². The first-order valence-corrected chi connectivity index (χ1v) is 10.8. The standard InChI is InChI=1S/C21H24ClN5O3S/c1-5-8-27-19(10-14-7-6-9-26(14)2)24-25-21(27)31-13-20(28)23-16-12-17(29-3)15(22)11-18(16)30-4/h5-7,9,11-12H,1,8,10,13H2,2-4H3,(H,23,28). The Morgan fingerprint density at radius 2 is 2.06 bits per heavy atom. The predicted octanol–water partition coefficient (Wildman–Crippen LogP) is 3.79. The minimum atomic E-state index is -0.218. The lowest BCUT2D eigenvalue weighted by molar-refractivity contribution is -0.113. The summed E-state index contributed by atoms with van der Waals surface area (Å²) >= 11 is 7.42. The fraction of sp³-hybridized carbons (Fsp3) is 0.286. The van der Waals surface area contributed by atoms with E-state index in [1.807, 2.05) is 34.5 Å². The van der Waals surface area contributed by atoms with Gasteiger partial charge in [0.25, 0.3) is 0 Å². The van der Waals surface area contributed by atoms with Crippen molar-refractivity contribution in [1.82, 2.24) is 19.3 Å². The molecule has 164 valence electrons. The Hall–Kier alpha value is -2.91. The van der Waals surface area contributed by atoms with E-state index in [4.69, 9.17) is 21.1 Å². The molecule has 0 radical (unpaired) electrons. The minimum absolute atomic E-state index is 0.146. The number of rotatable bonds is 10. The molecule has 8 nitrogen and oxygen atoms in total. The van der Waals surface area contributed by atoms with Crippen molar-refractivity contribution in [2.75, 3.05) is 25.3 Å². The first-order chi connectivity index (χ1) is 15.0. The third-order valence-electron chi connectivity index (χ3n) is 4.58. The lowest BCUT2D eigenvalue weighted by Crippen LogP contribution is -2.15. The van der Waals surface area contributed by atoms with Gasteiger partial charge in [-0.05, 0) is 12.1 Å². The van der Waals surface area contributed by atoms with E-state index >= 15 is 0 Å². The average Bonchev–Trinajstić information content (AvgIpc) is 3.34. The molecule has 1 amide bonds. The molecule has 3 rings (SSSR count). The van der Waals surface area contributed by atoms with Crippen molar-refractivity contribution >= 4 is 35.0 Å². The molecule has 1 N–H and O–H groups in total. The molecule has 0 saturated carbocycles. The zero-order valence-electron chi connectivity index (χ0n) is 17.6. The molecule has 0 aliphatic heterocycles. The van der Waals surface area contributed by atoms with Gasteiger partial charge >= 0.3 is 0 Å². The number of benzene rings is 1. The van der Waals surface area contributed by atoms with Gasteiger partial charge in [0.1, 0.15) is 17.3 Å². The van der Waals surface area contributed by atoms with E-state index in [1.54, 1.807) is 18.2 Å². The highest BCUT2D eigenvalue weighted by Gasteiger charge is 2.17. The van der Waals surface area contributed by atoms with Crippen molar-refractivity contribution in [3.8, 4) is 11.5 Å². The van der Waals surface area contributed by atoms with Crippen molar-refractivity contribution in [3.63, 3.8) is 0 Å². The normalized spacial score (nSPS) is 10.7. The molecular formula is C21H24ClN5O3S. The summed E-state index contributed by atoms with van der Waals surface area (Å²) in [4.78, 5) is 12.6. The van der Waals surface area contributed by atoms with E-state index in [2.05, 4.69) is 22.1 Å².